The van der Waals surface area contributed by atoms with E-state index in [-0.39, 0.29) is 0 Å². The predicted molar refractivity (Wildman–Crippen MR) is 79.6 cm³/mol. The number of hydrogen-bond donors (Lipinski definition) is 0. The summed E-state index contributed by atoms with van der Waals surface area (Å²) in [6, 6.07) is 7.60. The zero-order chi connectivity index (χ0) is 13.5. The molecule has 0 unspecified atom stereocenters. The zero-order valence-electron chi connectivity index (χ0n) is 11.1. The number of likely N-dealkylation sites (tertiary alicyclic amines) is 1. The lowest BCUT2D eigenvalue weighted by Crippen LogP contribution is -2.38. The highest BCUT2D eigenvalue weighted by Crippen LogP contribution is 2.21. The van der Waals surface area contributed by atoms with Crippen molar-refractivity contribution in [3.8, 4) is 18.1 Å². The van der Waals surface area contributed by atoms with Crippen LogP contribution in [0.3, 0.4) is 0 Å². The molecule has 102 valence electrons. The predicted octanol–water partition coefficient (Wildman–Crippen LogP) is 3.60. The van der Waals surface area contributed by atoms with Crippen LogP contribution < -0.4 is 4.74 Å². The van der Waals surface area contributed by atoms with Crippen LogP contribution in [0.25, 0.3) is 0 Å². The van der Waals surface area contributed by atoms with Crippen LogP contribution in [0, 0.1) is 12.3 Å². The van der Waals surface area contributed by atoms with Crippen LogP contribution in [-0.2, 0) is 0 Å². The Morgan fingerprint density at radius 3 is 2.58 bits per heavy atom. The van der Waals surface area contributed by atoms with Gasteiger partial charge in [-0.1, -0.05) is 11.6 Å². The van der Waals surface area contributed by atoms with E-state index >= 15 is 0 Å². The van der Waals surface area contributed by atoms with Gasteiger partial charge in [0, 0.05) is 24.5 Å². The van der Waals surface area contributed by atoms with Crippen LogP contribution in [-0.4, -0.2) is 30.6 Å². The summed E-state index contributed by atoms with van der Waals surface area (Å²) < 4.78 is 5.97. The number of rotatable bonds is 5. The van der Waals surface area contributed by atoms with Crippen molar-refractivity contribution < 1.29 is 4.74 Å². The molecule has 0 N–H and O–H groups in total. The maximum Gasteiger partial charge on any atom is 0.119 e. The lowest BCUT2D eigenvalue weighted by atomic mass is 10.1. The Labute approximate surface area is 120 Å². The molecule has 19 heavy (non-hydrogen) atoms. The molecule has 0 saturated carbocycles. The summed E-state index contributed by atoms with van der Waals surface area (Å²) in [5.74, 6) is 3.60. The van der Waals surface area contributed by atoms with Crippen LogP contribution >= 0.6 is 11.6 Å². The fourth-order valence-electron chi connectivity index (χ4n) is 2.36. The van der Waals surface area contributed by atoms with Crippen molar-refractivity contribution in [1.29, 1.82) is 0 Å². The van der Waals surface area contributed by atoms with E-state index in [0.29, 0.717) is 6.10 Å². The van der Waals surface area contributed by atoms with E-state index in [2.05, 4.69) is 10.8 Å². The van der Waals surface area contributed by atoms with Gasteiger partial charge in [-0.25, -0.2) is 0 Å². The fraction of sp³-hybridized carbons (Fsp3) is 0.500. The molecule has 2 rings (SSSR count). The summed E-state index contributed by atoms with van der Waals surface area (Å²) in [4.78, 5) is 2.47. The van der Waals surface area contributed by atoms with Crippen molar-refractivity contribution in [3.05, 3.63) is 29.3 Å². The summed E-state index contributed by atoms with van der Waals surface area (Å²) in [5, 5.41) is 0.746. The largest absolute Gasteiger partial charge is 0.490 e. The van der Waals surface area contributed by atoms with Crippen molar-refractivity contribution >= 4 is 11.6 Å². The molecule has 0 aromatic heterocycles. The van der Waals surface area contributed by atoms with Gasteiger partial charge in [-0.05, 0) is 50.1 Å². The first-order valence-corrected chi connectivity index (χ1v) is 7.24. The minimum Gasteiger partial charge on any atom is -0.490 e. The second-order valence-corrected chi connectivity index (χ2v) is 5.36. The Morgan fingerprint density at radius 1 is 1.26 bits per heavy atom. The highest BCUT2D eigenvalue weighted by atomic mass is 35.5. The van der Waals surface area contributed by atoms with Crippen LogP contribution in [0.2, 0.25) is 5.02 Å². The van der Waals surface area contributed by atoms with E-state index < -0.39 is 0 Å². The molecule has 2 nitrogen and oxygen atoms in total. The Bertz CT molecular complexity index is 415. The van der Waals surface area contributed by atoms with Gasteiger partial charge in [-0.3, -0.25) is 0 Å². The minimum absolute atomic E-state index is 0.324. The van der Waals surface area contributed by atoms with E-state index in [1.54, 1.807) is 0 Å². The summed E-state index contributed by atoms with van der Waals surface area (Å²) in [6.07, 6.45) is 9.73. The zero-order valence-corrected chi connectivity index (χ0v) is 11.9. The van der Waals surface area contributed by atoms with Crippen LogP contribution in [0.1, 0.15) is 25.7 Å². The highest BCUT2D eigenvalue weighted by Gasteiger charge is 2.19. The molecule has 1 aromatic rings. The molecule has 0 radical (unpaired) electrons. The molecule has 0 bridgehead atoms. The van der Waals surface area contributed by atoms with Gasteiger partial charge in [-0.2, -0.15) is 0 Å². The van der Waals surface area contributed by atoms with E-state index in [0.717, 1.165) is 56.1 Å². The Hall–Kier alpha value is -1.17. The van der Waals surface area contributed by atoms with E-state index in [9.17, 15) is 0 Å². The number of ether oxygens (including phenoxy) is 1. The number of nitrogens with zero attached hydrogens (tertiary/aromatic N) is 1. The molecule has 1 aliphatic heterocycles. The lowest BCUT2D eigenvalue weighted by molar-refractivity contribution is 0.100. The molecule has 1 heterocycles. The van der Waals surface area contributed by atoms with E-state index in [4.69, 9.17) is 22.8 Å². The monoisotopic (exact) mass is 277 g/mol. The first-order valence-electron chi connectivity index (χ1n) is 6.86. The topological polar surface area (TPSA) is 12.5 Å². The molecular weight excluding hydrogens is 258 g/mol. The van der Waals surface area contributed by atoms with Gasteiger partial charge in [-0.15, -0.1) is 12.3 Å². The summed E-state index contributed by atoms with van der Waals surface area (Å²) in [7, 11) is 0. The quantitative estimate of drug-likeness (QED) is 0.602. The molecule has 0 amide bonds. The van der Waals surface area contributed by atoms with E-state index in [1.807, 2.05) is 24.3 Å². The molecule has 1 aromatic carbocycles. The van der Waals surface area contributed by atoms with Crippen LogP contribution in [0.5, 0.6) is 5.75 Å². The lowest BCUT2D eigenvalue weighted by Gasteiger charge is -2.32. The summed E-state index contributed by atoms with van der Waals surface area (Å²) >= 11 is 5.86. The Balaban J connectivity index is 1.71. The molecule has 0 spiro atoms. The van der Waals surface area contributed by atoms with Gasteiger partial charge in [0.15, 0.2) is 0 Å². The van der Waals surface area contributed by atoms with Gasteiger partial charge in [0.1, 0.15) is 11.9 Å². The van der Waals surface area contributed by atoms with Gasteiger partial charge >= 0.3 is 0 Å². The molecule has 0 aliphatic carbocycles. The van der Waals surface area contributed by atoms with Crippen molar-refractivity contribution in [3.63, 3.8) is 0 Å². The molecule has 3 heteroatoms. The number of benzene rings is 1. The second-order valence-electron chi connectivity index (χ2n) is 4.92. The number of unbranched alkanes of at least 4 members (excludes halogenated alkanes) is 1. The minimum atomic E-state index is 0.324. The molecule has 1 aliphatic rings. The van der Waals surface area contributed by atoms with Gasteiger partial charge < -0.3 is 9.64 Å². The van der Waals surface area contributed by atoms with Gasteiger partial charge in [0.2, 0.25) is 0 Å². The number of piperidine rings is 1. The molecular formula is C16H20ClNO. The summed E-state index contributed by atoms with van der Waals surface area (Å²) in [5.41, 5.74) is 0. The van der Waals surface area contributed by atoms with Crippen LogP contribution in [0.4, 0.5) is 0 Å². The van der Waals surface area contributed by atoms with Crippen molar-refractivity contribution in [2.45, 2.75) is 31.8 Å². The standard InChI is InChI=1S/C16H20ClNO/c1-2-3-4-11-18-12-9-16(10-13-18)19-15-7-5-14(17)6-8-15/h1,5-8,16H,3-4,9-13H2. The van der Waals surface area contributed by atoms with Crippen LogP contribution in [0.15, 0.2) is 24.3 Å². The third-order valence-corrected chi connectivity index (χ3v) is 3.70. The highest BCUT2D eigenvalue weighted by molar-refractivity contribution is 6.30. The third kappa shape index (κ3) is 4.78. The fourth-order valence-corrected chi connectivity index (χ4v) is 2.49. The third-order valence-electron chi connectivity index (χ3n) is 3.45. The van der Waals surface area contributed by atoms with Gasteiger partial charge in [0.25, 0.3) is 0 Å². The number of terminal acetylenes is 1. The van der Waals surface area contributed by atoms with Gasteiger partial charge in [0.05, 0.1) is 0 Å². The SMILES string of the molecule is C#CCCCN1CCC(Oc2ccc(Cl)cc2)CC1. The van der Waals surface area contributed by atoms with Crippen molar-refractivity contribution in [2.24, 2.45) is 0 Å². The molecule has 1 saturated heterocycles. The first kappa shape index (κ1) is 14.2. The average Bonchev–Trinajstić information content (AvgIpc) is 2.44. The Kier molecular flexibility index (Phi) is 5.57. The van der Waals surface area contributed by atoms with Crippen molar-refractivity contribution in [1.82, 2.24) is 4.90 Å². The number of hydrogen-bond acceptors (Lipinski definition) is 2. The number of halogens is 1. The average molecular weight is 278 g/mol. The summed E-state index contributed by atoms with van der Waals surface area (Å²) in [6.45, 7) is 3.31. The smallest absolute Gasteiger partial charge is 0.119 e. The molecule has 0 atom stereocenters. The maximum absolute atomic E-state index is 5.97. The molecule has 1 fully saturated rings. The second kappa shape index (κ2) is 7.43. The normalized spacial score (nSPS) is 17.1. The van der Waals surface area contributed by atoms with Crippen molar-refractivity contribution in [2.75, 3.05) is 19.6 Å². The maximum atomic E-state index is 5.97. The first-order chi connectivity index (χ1) is 9.28. The Morgan fingerprint density at radius 2 is 1.95 bits per heavy atom. The van der Waals surface area contributed by atoms with E-state index in [1.165, 1.54) is 0 Å².